The second-order valence-electron chi connectivity index (χ2n) is 9.27. The van der Waals surface area contributed by atoms with Crippen LogP contribution in [0.15, 0.2) is 48.5 Å². The first-order valence-electron chi connectivity index (χ1n) is 11.4. The van der Waals surface area contributed by atoms with Crippen molar-refractivity contribution in [3.63, 3.8) is 0 Å². The maximum atomic E-state index is 13.3. The van der Waals surface area contributed by atoms with E-state index in [1.807, 2.05) is 97.5 Å². The Kier molecular flexibility index (Phi) is 6.04. The summed E-state index contributed by atoms with van der Waals surface area (Å²) in [6, 6.07) is 16.2. The number of imidazole rings is 1. The summed E-state index contributed by atoms with van der Waals surface area (Å²) in [4.78, 5) is 34.8. The van der Waals surface area contributed by atoms with Gasteiger partial charge in [0.05, 0.1) is 11.0 Å². The number of aromatic nitrogens is 2. The van der Waals surface area contributed by atoms with Crippen molar-refractivity contribution >= 4 is 28.5 Å². The number of carbonyl (C=O) groups excluding carboxylic acids is 2. The van der Waals surface area contributed by atoms with Gasteiger partial charge in [-0.05, 0) is 58.9 Å². The number of anilines is 1. The zero-order valence-corrected chi connectivity index (χ0v) is 19.6. The van der Waals surface area contributed by atoms with Crippen LogP contribution in [0.4, 0.5) is 5.69 Å². The average Bonchev–Trinajstić information content (AvgIpc) is 3.29. The standard InChI is InChI=1S/C26H32N4O2/c1-17(2)30(18(3)4)25(32)16-29-23-9-7-6-8-22(23)27-26(29)20-14-24(31)28(15-20)21-12-10-19(5)11-13-21/h6-13,17-18,20H,14-16H2,1-5H3. The zero-order valence-electron chi connectivity index (χ0n) is 19.6. The first kappa shape index (κ1) is 22.1. The molecule has 1 aliphatic rings. The van der Waals surface area contributed by atoms with Crippen molar-refractivity contribution in [1.82, 2.24) is 14.5 Å². The smallest absolute Gasteiger partial charge is 0.243 e. The van der Waals surface area contributed by atoms with Crippen molar-refractivity contribution in [3.05, 3.63) is 59.9 Å². The number of aryl methyl sites for hydroxylation is 1. The summed E-state index contributed by atoms with van der Waals surface area (Å²) in [6.45, 7) is 11.0. The van der Waals surface area contributed by atoms with E-state index in [-0.39, 0.29) is 36.4 Å². The number of nitrogens with zero attached hydrogens (tertiary/aromatic N) is 4. The SMILES string of the molecule is Cc1ccc(N2CC(c3nc4ccccc4n3CC(=O)N(C(C)C)C(C)C)CC2=O)cc1. The van der Waals surface area contributed by atoms with Crippen LogP contribution < -0.4 is 4.90 Å². The highest BCUT2D eigenvalue weighted by Gasteiger charge is 2.35. The quantitative estimate of drug-likeness (QED) is 0.576. The number of para-hydroxylation sites is 2. The Morgan fingerprint density at radius 3 is 2.38 bits per heavy atom. The molecular weight excluding hydrogens is 400 g/mol. The molecule has 1 aromatic heterocycles. The monoisotopic (exact) mass is 432 g/mol. The van der Waals surface area contributed by atoms with Gasteiger partial charge in [0.25, 0.3) is 0 Å². The molecule has 6 nitrogen and oxygen atoms in total. The van der Waals surface area contributed by atoms with E-state index >= 15 is 0 Å². The maximum absolute atomic E-state index is 13.3. The molecule has 0 aliphatic carbocycles. The van der Waals surface area contributed by atoms with Crippen molar-refractivity contribution in [3.8, 4) is 0 Å². The van der Waals surface area contributed by atoms with Crippen LogP contribution in [0.3, 0.4) is 0 Å². The third-order valence-electron chi connectivity index (χ3n) is 6.21. The second-order valence-corrected chi connectivity index (χ2v) is 9.27. The molecule has 0 N–H and O–H groups in total. The number of carbonyl (C=O) groups is 2. The Hall–Kier alpha value is -3.15. The molecule has 0 spiro atoms. The first-order valence-corrected chi connectivity index (χ1v) is 11.4. The minimum atomic E-state index is -0.0597. The van der Waals surface area contributed by atoms with Crippen LogP contribution in [-0.4, -0.2) is 44.9 Å². The van der Waals surface area contributed by atoms with Gasteiger partial charge in [-0.1, -0.05) is 29.8 Å². The molecular formula is C26H32N4O2. The molecule has 2 heterocycles. The summed E-state index contributed by atoms with van der Waals surface area (Å²) < 4.78 is 2.02. The Labute approximate surface area is 189 Å². The molecule has 1 atom stereocenters. The van der Waals surface area contributed by atoms with E-state index in [9.17, 15) is 9.59 Å². The Morgan fingerprint density at radius 1 is 1.06 bits per heavy atom. The van der Waals surface area contributed by atoms with Gasteiger partial charge in [-0.15, -0.1) is 0 Å². The third-order valence-corrected chi connectivity index (χ3v) is 6.21. The summed E-state index contributed by atoms with van der Waals surface area (Å²) in [5.41, 5.74) is 3.87. The Morgan fingerprint density at radius 2 is 1.72 bits per heavy atom. The zero-order chi connectivity index (χ0) is 23.0. The number of fused-ring (bicyclic) bond motifs is 1. The van der Waals surface area contributed by atoms with E-state index in [2.05, 4.69) is 0 Å². The van der Waals surface area contributed by atoms with Crippen LogP contribution in [0.2, 0.25) is 0 Å². The summed E-state index contributed by atoms with van der Waals surface area (Å²) in [7, 11) is 0. The molecule has 1 saturated heterocycles. The fourth-order valence-corrected chi connectivity index (χ4v) is 4.82. The fourth-order valence-electron chi connectivity index (χ4n) is 4.82. The minimum absolute atomic E-state index is 0.0597. The highest BCUT2D eigenvalue weighted by atomic mass is 16.2. The molecule has 0 radical (unpaired) electrons. The van der Waals surface area contributed by atoms with Crippen LogP contribution in [0.5, 0.6) is 0 Å². The Balaban J connectivity index is 1.68. The van der Waals surface area contributed by atoms with Crippen molar-refractivity contribution in [2.45, 2.75) is 65.6 Å². The lowest BCUT2D eigenvalue weighted by molar-refractivity contribution is -0.135. The van der Waals surface area contributed by atoms with E-state index in [1.54, 1.807) is 0 Å². The predicted octanol–water partition coefficient (Wildman–Crippen LogP) is 4.51. The van der Waals surface area contributed by atoms with Gasteiger partial charge < -0.3 is 14.4 Å². The van der Waals surface area contributed by atoms with Gasteiger partial charge >= 0.3 is 0 Å². The minimum Gasteiger partial charge on any atom is -0.336 e. The molecule has 2 amide bonds. The summed E-state index contributed by atoms with van der Waals surface area (Å²) >= 11 is 0. The van der Waals surface area contributed by atoms with Gasteiger partial charge in [0.15, 0.2) is 0 Å². The van der Waals surface area contributed by atoms with Crippen LogP contribution in [0, 0.1) is 6.92 Å². The van der Waals surface area contributed by atoms with E-state index in [0.717, 1.165) is 28.1 Å². The van der Waals surface area contributed by atoms with E-state index < -0.39 is 0 Å². The van der Waals surface area contributed by atoms with E-state index in [1.165, 1.54) is 0 Å². The molecule has 3 aromatic rings. The normalized spacial score (nSPS) is 16.5. The largest absolute Gasteiger partial charge is 0.336 e. The molecule has 0 bridgehead atoms. The molecule has 168 valence electrons. The maximum Gasteiger partial charge on any atom is 0.243 e. The van der Waals surface area contributed by atoms with Crippen molar-refractivity contribution in [2.75, 3.05) is 11.4 Å². The van der Waals surface area contributed by atoms with Gasteiger partial charge in [-0.3, -0.25) is 9.59 Å². The molecule has 1 unspecified atom stereocenters. The third kappa shape index (κ3) is 4.14. The second kappa shape index (κ2) is 8.77. The van der Waals surface area contributed by atoms with Crippen LogP contribution in [0.1, 0.15) is 51.4 Å². The van der Waals surface area contributed by atoms with Crippen molar-refractivity contribution in [1.29, 1.82) is 0 Å². The number of hydrogen-bond donors (Lipinski definition) is 0. The van der Waals surface area contributed by atoms with E-state index in [4.69, 9.17) is 4.98 Å². The molecule has 1 fully saturated rings. The highest BCUT2D eigenvalue weighted by molar-refractivity contribution is 5.96. The molecule has 1 aliphatic heterocycles. The fraction of sp³-hybridized carbons (Fsp3) is 0.423. The summed E-state index contributed by atoms with van der Waals surface area (Å²) in [5.74, 6) is 0.916. The molecule has 4 rings (SSSR count). The lowest BCUT2D eigenvalue weighted by Gasteiger charge is -2.31. The van der Waals surface area contributed by atoms with Crippen LogP contribution in [-0.2, 0) is 16.1 Å². The molecule has 6 heteroatoms. The molecule has 32 heavy (non-hydrogen) atoms. The van der Waals surface area contributed by atoms with Gasteiger partial charge in [0.1, 0.15) is 12.4 Å². The van der Waals surface area contributed by atoms with Gasteiger partial charge in [-0.25, -0.2) is 4.98 Å². The van der Waals surface area contributed by atoms with Crippen LogP contribution >= 0.6 is 0 Å². The highest BCUT2D eigenvalue weighted by Crippen LogP contribution is 2.33. The van der Waals surface area contributed by atoms with E-state index in [0.29, 0.717) is 13.0 Å². The number of amides is 2. The molecule has 2 aromatic carbocycles. The predicted molar refractivity (Wildman–Crippen MR) is 128 cm³/mol. The van der Waals surface area contributed by atoms with Crippen LogP contribution in [0.25, 0.3) is 11.0 Å². The van der Waals surface area contributed by atoms with Gasteiger partial charge in [-0.2, -0.15) is 0 Å². The summed E-state index contributed by atoms with van der Waals surface area (Å²) in [5, 5.41) is 0. The van der Waals surface area contributed by atoms with Gasteiger partial charge in [0, 0.05) is 36.7 Å². The number of hydrogen-bond acceptors (Lipinski definition) is 3. The van der Waals surface area contributed by atoms with Crippen molar-refractivity contribution < 1.29 is 9.59 Å². The number of rotatable bonds is 6. The lowest BCUT2D eigenvalue weighted by Crippen LogP contribution is -2.44. The number of benzene rings is 2. The topological polar surface area (TPSA) is 58.4 Å². The lowest BCUT2D eigenvalue weighted by atomic mass is 10.1. The van der Waals surface area contributed by atoms with Crippen molar-refractivity contribution in [2.24, 2.45) is 0 Å². The Bertz CT molecular complexity index is 1120. The molecule has 0 saturated carbocycles. The summed E-state index contributed by atoms with van der Waals surface area (Å²) in [6.07, 6.45) is 0.392. The first-order chi connectivity index (χ1) is 15.3. The average molecular weight is 433 g/mol. The van der Waals surface area contributed by atoms with Gasteiger partial charge in [0.2, 0.25) is 11.8 Å².